The van der Waals surface area contributed by atoms with Crippen molar-refractivity contribution in [2.45, 2.75) is 82.9 Å². The van der Waals surface area contributed by atoms with Crippen molar-refractivity contribution in [3.8, 4) is 0 Å². The van der Waals surface area contributed by atoms with Crippen molar-refractivity contribution in [1.29, 1.82) is 0 Å². The van der Waals surface area contributed by atoms with Gasteiger partial charge in [-0.3, -0.25) is 4.79 Å². The number of amides is 2. The molecular weight excluding hydrogens is 436 g/mol. The monoisotopic (exact) mass is 476 g/mol. The summed E-state index contributed by atoms with van der Waals surface area (Å²) in [4.78, 5) is 27.1. The average Bonchev–Trinajstić information content (AvgIpc) is 3.76. The van der Waals surface area contributed by atoms with Gasteiger partial charge in [-0.25, -0.2) is 4.79 Å². The van der Waals surface area contributed by atoms with E-state index >= 15 is 0 Å². The summed E-state index contributed by atoms with van der Waals surface area (Å²) in [5, 5.41) is 2.99. The van der Waals surface area contributed by atoms with Crippen molar-refractivity contribution in [3.63, 3.8) is 0 Å². The number of piperidine rings is 1. The third kappa shape index (κ3) is 4.16. The van der Waals surface area contributed by atoms with E-state index in [0.29, 0.717) is 26.2 Å². The van der Waals surface area contributed by atoms with Crippen molar-refractivity contribution in [3.05, 3.63) is 11.6 Å². The Labute approximate surface area is 202 Å². The lowest BCUT2D eigenvalue weighted by atomic mass is 9.68. The largest absolute Gasteiger partial charge is 0.443 e. The van der Waals surface area contributed by atoms with Crippen LogP contribution in [0.5, 0.6) is 0 Å². The molecule has 1 spiro atoms. The predicted octanol–water partition coefficient (Wildman–Crippen LogP) is 2.90. The minimum atomic E-state index is -0.345. The Bertz CT molecular complexity index is 840. The molecule has 8 heteroatoms. The van der Waals surface area contributed by atoms with Gasteiger partial charge in [-0.05, 0) is 58.3 Å². The SMILES string of the molecule is CCCNC(=O)[C@H]1[C@@H]2CN(C(=O)O[C@@H]3CC[C@]4(CO4)[C@@H]([C@@]4(C)O[C@@H]4CC=C(C)C)[C@@H]3OC)C[C@@H]21. The second-order valence-corrected chi connectivity index (χ2v) is 11.3. The smallest absolute Gasteiger partial charge is 0.410 e. The van der Waals surface area contributed by atoms with E-state index in [1.807, 2.05) is 6.92 Å². The van der Waals surface area contributed by atoms with Gasteiger partial charge in [0.2, 0.25) is 5.91 Å². The number of methoxy groups -OCH3 is 1. The van der Waals surface area contributed by atoms with Crippen LogP contribution in [0.2, 0.25) is 0 Å². The molecule has 190 valence electrons. The number of hydrogen-bond acceptors (Lipinski definition) is 6. The van der Waals surface area contributed by atoms with Gasteiger partial charge in [0.25, 0.3) is 0 Å². The van der Waals surface area contributed by atoms with E-state index in [4.69, 9.17) is 18.9 Å². The first kappa shape index (κ1) is 24.1. The van der Waals surface area contributed by atoms with Crippen molar-refractivity contribution in [1.82, 2.24) is 10.2 Å². The summed E-state index contributed by atoms with van der Waals surface area (Å²) < 4.78 is 24.3. The molecule has 8 nitrogen and oxygen atoms in total. The van der Waals surface area contributed by atoms with E-state index in [0.717, 1.165) is 25.7 Å². The molecule has 3 aliphatic heterocycles. The lowest BCUT2D eigenvalue weighted by Crippen LogP contribution is -2.56. The van der Waals surface area contributed by atoms with Gasteiger partial charge in [-0.1, -0.05) is 18.6 Å². The summed E-state index contributed by atoms with van der Waals surface area (Å²) in [6.07, 6.45) is 4.81. The van der Waals surface area contributed by atoms with Crippen LogP contribution in [0.25, 0.3) is 0 Å². The maximum absolute atomic E-state index is 13.1. The Morgan fingerprint density at radius 1 is 1.24 bits per heavy atom. The van der Waals surface area contributed by atoms with Crippen molar-refractivity contribution in [2.24, 2.45) is 23.7 Å². The highest BCUT2D eigenvalue weighted by atomic mass is 16.6. The lowest BCUT2D eigenvalue weighted by Gasteiger charge is -2.43. The summed E-state index contributed by atoms with van der Waals surface area (Å²) in [5.74, 6) is 0.733. The summed E-state index contributed by atoms with van der Waals surface area (Å²) in [6, 6.07) is 0. The van der Waals surface area contributed by atoms with Crippen LogP contribution in [0.3, 0.4) is 0 Å². The Morgan fingerprint density at radius 3 is 2.53 bits per heavy atom. The van der Waals surface area contributed by atoms with Gasteiger partial charge in [-0.2, -0.15) is 0 Å². The van der Waals surface area contributed by atoms with Crippen molar-refractivity contribution in [2.75, 3.05) is 33.4 Å². The van der Waals surface area contributed by atoms with E-state index in [9.17, 15) is 9.59 Å². The Morgan fingerprint density at radius 2 is 1.94 bits per heavy atom. The van der Waals surface area contributed by atoms with E-state index in [2.05, 4.69) is 32.2 Å². The van der Waals surface area contributed by atoms with Crippen molar-refractivity contribution < 1.29 is 28.5 Å². The zero-order valence-corrected chi connectivity index (χ0v) is 21.2. The third-order valence-corrected chi connectivity index (χ3v) is 8.79. The Kier molecular flexibility index (Phi) is 6.22. The zero-order valence-electron chi connectivity index (χ0n) is 21.2. The minimum Gasteiger partial charge on any atom is -0.443 e. The van der Waals surface area contributed by atoms with E-state index in [-0.39, 0.29) is 65.2 Å². The van der Waals surface area contributed by atoms with Crippen LogP contribution in [0.4, 0.5) is 4.79 Å². The molecule has 5 fully saturated rings. The summed E-state index contributed by atoms with van der Waals surface area (Å²) in [7, 11) is 1.70. The highest BCUT2D eigenvalue weighted by Gasteiger charge is 2.72. The molecule has 0 aromatic heterocycles. The normalized spacial score (nSPS) is 43.8. The number of fused-ring (bicyclic) bond motifs is 1. The van der Waals surface area contributed by atoms with Crippen LogP contribution in [-0.2, 0) is 23.7 Å². The second kappa shape index (κ2) is 8.79. The third-order valence-electron chi connectivity index (χ3n) is 8.79. The Balaban J connectivity index is 1.20. The zero-order chi connectivity index (χ0) is 24.3. The van der Waals surface area contributed by atoms with Crippen LogP contribution in [0.1, 0.15) is 53.4 Å². The summed E-state index contributed by atoms with van der Waals surface area (Å²) >= 11 is 0. The standard InChI is InChI=1S/C26H40N2O6/c1-6-11-27-23(29)20-16-12-28(13-17(16)20)24(30)33-18-9-10-26(14-32-26)22(21(18)31-5)25(4)19(34-25)8-7-15(2)3/h7,16-22H,6,8-14H2,1-5H3,(H,27,29)/t16-,17+,18-,19-,20+,21-,22-,25+,26+/m1/s1. The van der Waals surface area contributed by atoms with Crippen LogP contribution >= 0.6 is 0 Å². The molecule has 2 amide bonds. The number of nitrogens with zero attached hydrogens (tertiary/aromatic N) is 1. The molecule has 2 aliphatic carbocycles. The first-order chi connectivity index (χ1) is 16.2. The van der Waals surface area contributed by atoms with Gasteiger partial charge >= 0.3 is 6.09 Å². The quantitative estimate of drug-likeness (QED) is 0.428. The molecule has 9 atom stereocenters. The first-order valence-corrected chi connectivity index (χ1v) is 12.9. The van der Waals surface area contributed by atoms with Gasteiger partial charge in [0.15, 0.2) is 0 Å². The topological polar surface area (TPSA) is 92.9 Å². The number of nitrogens with one attached hydrogen (secondary N) is 1. The highest BCUT2D eigenvalue weighted by molar-refractivity contribution is 5.83. The van der Waals surface area contributed by atoms with Gasteiger partial charge in [0.05, 0.1) is 18.6 Å². The molecule has 3 saturated heterocycles. The van der Waals surface area contributed by atoms with Crippen LogP contribution < -0.4 is 5.32 Å². The molecule has 1 N–H and O–H groups in total. The molecular formula is C26H40N2O6. The van der Waals surface area contributed by atoms with Gasteiger partial charge < -0.3 is 29.2 Å². The molecule has 5 aliphatic rings. The maximum atomic E-state index is 13.1. The fourth-order valence-corrected chi connectivity index (χ4v) is 6.70. The maximum Gasteiger partial charge on any atom is 0.410 e. The lowest BCUT2D eigenvalue weighted by molar-refractivity contribution is -0.124. The molecule has 34 heavy (non-hydrogen) atoms. The van der Waals surface area contributed by atoms with Crippen LogP contribution in [-0.4, -0.2) is 79.8 Å². The first-order valence-electron chi connectivity index (χ1n) is 12.9. The van der Waals surface area contributed by atoms with E-state index in [1.54, 1.807) is 12.0 Å². The summed E-state index contributed by atoms with van der Waals surface area (Å²) in [5.41, 5.74) is 0.706. The number of ether oxygens (including phenoxy) is 4. The molecule has 3 heterocycles. The summed E-state index contributed by atoms with van der Waals surface area (Å²) in [6.45, 7) is 11.0. The second-order valence-electron chi connectivity index (χ2n) is 11.3. The molecule has 0 bridgehead atoms. The number of hydrogen-bond donors (Lipinski definition) is 1. The minimum absolute atomic E-state index is 0.0192. The molecule has 0 aromatic carbocycles. The fourth-order valence-electron chi connectivity index (χ4n) is 6.70. The highest BCUT2D eigenvalue weighted by Crippen LogP contribution is 2.60. The van der Waals surface area contributed by atoms with Gasteiger partial charge in [0.1, 0.15) is 23.4 Å². The number of epoxide rings is 2. The predicted molar refractivity (Wildman–Crippen MR) is 125 cm³/mol. The van der Waals surface area contributed by atoms with Gasteiger partial charge in [-0.15, -0.1) is 0 Å². The molecule has 0 radical (unpaired) electrons. The van der Waals surface area contributed by atoms with E-state index in [1.165, 1.54) is 5.57 Å². The van der Waals surface area contributed by atoms with Crippen LogP contribution in [0, 0.1) is 23.7 Å². The fraction of sp³-hybridized carbons (Fsp3) is 0.846. The van der Waals surface area contributed by atoms with Crippen LogP contribution in [0.15, 0.2) is 11.6 Å². The molecule has 0 aromatic rings. The number of carbonyl (C=O) groups is 2. The number of carbonyl (C=O) groups excluding carboxylic acids is 2. The van der Waals surface area contributed by atoms with Crippen molar-refractivity contribution >= 4 is 12.0 Å². The average molecular weight is 477 g/mol. The van der Waals surface area contributed by atoms with E-state index < -0.39 is 0 Å². The number of allylic oxidation sites excluding steroid dienone is 1. The number of likely N-dealkylation sites (tertiary alicyclic amines) is 1. The Hall–Kier alpha value is -1.64. The molecule has 0 unspecified atom stereocenters. The molecule has 2 saturated carbocycles. The number of rotatable bonds is 8. The molecule has 5 rings (SSSR count). The van der Waals surface area contributed by atoms with Gasteiger partial charge in [0, 0.05) is 32.7 Å².